The van der Waals surface area contributed by atoms with E-state index in [1.165, 1.54) is 44.3 Å². The Labute approximate surface area is 225 Å². The number of aliphatic hydroxyl groups excluding tert-OH is 2. The number of hydrogen-bond acceptors (Lipinski definition) is 8. The fourth-order valence-corrected chi connectivity index (χ4v) is 4.84. The summed E-state index contributed by atoms with van der Waals surface area (Å²) in [4.78, 5) is 30.3. The Morgan fingerprint density at radius 2 is 1.95 bits per heavy atom. The average Bonchev–Trinajstić information content (AvgIpc) is 3.29. The lowest BCUT2D eigenvalue weighted by Crippen LogP contribution is -2.45. The zero-order valence-electron chi connectivity index (χ0n) is 22.3. The van der Waals surface area contributed by atoms with Crippen LogP contribution in [-0.2, 0) is 20.9 Å². The molecule has 0 bridgehead atoms. The van der Waals surface area contributed by atoms with Crippen molar-refractivity contribution in [2.75, 3.05) is 0 Å². The quantitative estimate of drug-likeness (QED) is 0.362. The topological polar surface area (TPSA) is 123 Å². The number of rotatable bonds is 3. The number of thiazole rings is 1. The number of allylic oxidation sites excluding steroid dienone is 2. The monoisotopic (exact) mass is 558 g/mol. The maximum absolute atomic E-state index is 13.8. The number of halogens is 3. The highest BCUT2D eigenvalue weighted by Gasteiger charge is 2.42. The van der Waals surface area contributed by atoms with Gasteiger partial charge in [-0.25, -0.2) is 4.98 Å². The third-order valence-corrected chi connectivity index (χ3v) is 7.80. The third-order valence-electron chi connectivity index (χ3n) is 6.91. The molecule has 212 valence electrons. The highest BCUT2D eigenvalue weighted by atomic mass is 32.1. The van der Waals surface area contributed by atoms with Crippen LogP contribution in [0.3, 0.4) is 0 Å². The molecule has 0 aliphatic carbocycles. The third kappa shape index (κ3) is 8.33. The number of nitrogens with zero attached hydrogens (tertiary/aromatic N) is 1. The number of esters is 1. The number of alkyl halides is 3. The van der Waals surface area contributed by atoms with Crippen LogP contribution >= 0.6 is 11.3 Å². The zero-order valence-corrected chi connectivity index (χ0v) is 23.1. The average molecular weight is 559 g/mol. The number of aliphatic hydroxyl groups is 2. The summed E-state index contributed by atoms with van der Waals surface area (Å²) in [6, 6.07) is 0. The second-order valence-corrected chi connectivity index (χ2v) is 11.2. The van der Waals surface area contributed by atoms with Crippen LogP contribution in [0, 0.1) is 17.3 Å². The molecule has 2 heterocycles. The van der Waals surface area contributed by atoms with Crippen molar-refractivity contribution in [3.63, 3.8) is 0 Å². The molecule has 4 N–H and O–H groups in total. The lowest BCUT2D eigenvalue weighted by atomic mass is 9.73. The Morgan fingerprint density at radius 3 is 2.53 bits per heavy atom. The molecule has 1 aromatic rings. The van der Waals surface area contributed by atoms with Crippen molar-refractivity contribution >= 4 is 29.2 Å². The minimum atomic E-state index is -4.63. The molecule has 1 aromatic heterocycles. The van der Waals surface area contributed by atoms with Gasteiger partial charge >= 0.3 is 12.1 Å². The molecule has 2 unspecified atom stereocenters. The van der Waals surface area contributed by atoms with E-state index in [4.69, 9.17) is 10.5 Å². The van der Waals surface area contributed by atoms with Crippen LogP contribution in [0.2, 0.25) is 0 Å². The Kier molecular flexibility index (Phi) is 11.0. The standard InChI is InChI=1S/C27H37F3N2O5S/c1-15-7-6-8-18(27(28,29)30)9-10-20(16(2)11-19-14-38-22(13-31)32-19)37-23(34)12-21(33)26(4,5)25(36)17(3)24(15)35/h6-7,9,11,14-15,17,20-21,24,33,35H,8,10,12-13,31H2,1-5H3/b7-6+,16-11+,18-9+/t15?,17-,20?,21+,24+/m1/s1. The Hall–Kier alpha value is -2.34. The minimum Gasteiger partial charge on any atom is -0.457 e. The van der Waals surface area contributed by atoms with E-state index in [0.29, 0.717) is 16.3 Å². The van der Waals surface area contributed by atoms with Gasteiger partial charge in [-0.1, -0.05) is 45.9 Å². The van der Waals surface area contributed by atoms with Crippen molar-refractivity contribution in [1.29, 1.82) is 0 Å². The maximum atomic E-state index is 13.8. The smallest absolute Gasteiger partial charge is 0.412 e. The van der Waals surface area contributed by atoms with Gasteiger partial charge in [-0.15, -0.1) is 11.3 Å². The molecule has 2 rings (SSSR count). The largest absolute Gasteiger partial charge is 0.457 e. The summed E-state index contributed by atoms with van der Waals surface area (Å²) in [6.07, 6.45) is -4.23. The number of cyclic esters (lactones) is 1. The normalized spacial score (nSPS) is 30.9. The number of carbonyl (C=O) groups excluding carboxylic acids is 2. The van der Waals surface area contributed by atoms with Crippen LogP contribution < -0.4 is 5.73 Å². The number of hydrogen-bond donors (Lipinski definition) is 3. The molecule has 0 fully saturated rings. The molecular weight excluding hydrogens is 521 g/mol. The molecular formula is C27H37F3N2O5S. The summed E-state index contributed by atoms with van der Waals surface area (Å²) < 4.78 is 46.9. The molecule has 0 spiro atoms. The van der Waals surface area contributed by atoms with E-state index >= 15 is 0 Å². The zero-order chi connectivity index (χ0) is 28.8. The van der Waals surface area contributed by atoms with Crippen LogP contribution in [0.15, 0.2) is 34.8 Å². The van der Waals surface area contributed by atoms with Crippen LogP contribution in [0.25, 0.3) is 6.08 Å². The first kappa shape index (κ1) is 31.9. The Morgan fingerprint density at radius 1 is 1.29 bits per heavy atom. The first-order valence-corrected chi connectivity index (χ1v) is 13.3. The maximum Gasteiger partial charge on any atom is 0.412 e. The number of carbonyl (C=O) groups is 2. The van der Waals surface area contributed by atoms with Gasteiger partial charge < -0.3 is 20.7 Å². The van der Waals surface area contributed by atoms with Crippen molar-refractivity contribution in [2.24, 2.45) is 23.0 Å². The molecule has 0 aromatic carbocycles. The van der Waals surface area contributed by atoms with E-state index < -0.39 is 71.9 Å². The summed E-state index contributed by atoms with van der Waals surface area (Å²) in [6.45, 7) is 7.92. The van der Waals surface area contributed by atoms with Gasteiger partial charge in [-0.05, 0) is 25.0 Å². The molecule has 0 saturated carbocycles. The molecule has 1 aliphatic rings. The number of ether oxygens (including phenoxy) is 1. The minimum absolute atomic E-state index is 0.238. The second kappa shape index (κ2) is 13.1. The highest BCUT2D eigenvalue weighted by molar-refractivity contribution is 7.09. The number of Topliss-reactive ketones (excluding diaryl/α,β-unsaturated/α-hetero) is 1. The molecule has 0 radical (unpaired) electrons. The SMILES string of the molecule is C/C(=C\c1csc(CN)n1)C1C/C=C(/C(F)(F)F)C/C=C/C(C)[C@H](O)[C@@H](C)C(=O)C(C)(C)[C@@H](O)CC(=O)O1. The summed E-state index contributed by atoms with van der Waals surface area (Å²) >= 11 is 1.33. The predicted octanol–water partition coefficient (Wildman–Crippen LogP) is 4.74. The second-order valence-electron chi connectivity index (χ2n) is 10.3. The van der Waals surface area contributed by atoms with Crippen molar-refractivity contribution < 1.29 is 37.7 Å². The van der Waals surface area contributed by atoms with Gasteiger partial charge in [0.05, 0.1) is 29.7 Å². The summed E-state index contributed by atoms with van der Waals surface area (Å²) in [5.41, 5.74) is 4.37. The number of aromatic nitrogens is 1. The number of ketones is 1. The number of nitrogens with two attached hydrogens (primary N) is 1. The lowest BCUT2D eigenvalue weighted by molar-refractivity contribution is -0.154. The van der Waals surface area contributed by atoms with Crippen molar-refractivity contribution in [1.82, 2.24) is 4.98 Å². The first-order chi connectivity index (χ1) is 17.6. The Balaban J connectivity index is 2.50. The van der Waals surface area contributed by atoms with Crippen LogP contribution in [0.5, 0.6) is 0 Å². The fraction of sp³-hybridized carbons (Fsp3) is 0.593. The summed E-state index contributed by atoms with van der Waals surface area (Å²) in [5.74, 6) is -2.90. The van der Waals surface area contributed by atoms with E-state index in [0.717, 1.165) is 6.08 Å². The van der Waals surface area contributed by atoms with Crippen molar-refractivity contribution in [3.8, 4) is 0 Å². The van der Waals surface area contributed by atoms with Gasteiger partial charge in [0.1, 0.15) is 16.9 Å². The van der Waals surface area contributed by atoms with E-state index in [1.54, 1.807) is 25.3 Å². The summed E-state index contributed by atoms with van der Waals surface area (Å²) in [7, 11) is 0. The van der Waals surface area contributed by atoms with Gasteiger partial charge in [0, 0.05) is 35.8 Å². The van der Waals surface area contributed by atoms with Crippen LogP contribution in [0.4, 0.5) is 13.2 Å². The van der Waals surface area contributed by atoms with Gasteiger partial charge in [0.25, 0.3) is 0 Å². The molecule has 1 aliphatic heterocycles. The van der Waals surface area contributed by atoms with Gasteiger partial charge in [0.15, 0.2) is 0 Å². The molecule has 11 heteroatoms. The molecule has 5 atom stereocenters. The lowest BCUT2D eigenvalue weighted by Gasteiger charge is -2.34. The van der Waals surface area contributed by atoms with Crippen LogP contribution in [0.1, 0.15) is 64.6 Å². The van der Waals surface area contributed by atoms with Gasteiger partial charge in [-0.3, -0.25) is 9.59 Å². The molecule has 38 heavy (non-hydrogen) atoms. The van der Waals surface area contributed by atoms with E-state index in [-0.39, 0.29) is 13.0 Å². The van der Waals surface area contributed by atoms with Crippen LogP contribution in [-0.4, -0.2) is 51.4 Å². The summed E-state index contributed by atoms with van der Waals surface area (Å²) in [5, 5.41) is 23.9. The first-order valence-electron chi connectivity index (χ1n) is 12.4. The Bertz CT molecular complexity index is 1080. The van der Waals surface area contributed by atoms with E-state index in [9.17, 15) is 33.0 Å². The molecule has 0 amide bonds. The fourth-order valence-electron chi connectivity index (χ4n) is 4.21. The van der Waals surface area contributed by atoms with Gasteiger partial charge in [0.2, 0.25) is 0 Å². The molecule has 0 saturated heterocycles. The van der Waals surface area contributed by atoms with Crippen molar-refractivity contribution in [3.05, 3.63) is 45.5 Å². The highest BCUT2D eigenvalue weighted by Crippen LogP contribution is 2.33. The van der Waals surface area contributed by atoms with E-state index in [2.05, 4.69) is 4.98 Å². The van der Waals surface area contributed by atoms with E-state index in [1.807, 2.05) is 0 Å². The van der Waals surface area contributed by atoms with Crippen molar-refractivity contribution in [2.45, 2.75) is 84.9 Å². The van der Waals surface area contributed by atoms with Gasteiger partial charge in [-0.2, -0.15) is 13.2 Å². The predicted molar refractivity (Wildman–Crippen MR) is 140 cm³/mol. The molecule has 7 nitrogen and oxygen atoms in total.